The molecule has 0 radical (unpaired) electrons. The van der Waals surface area contributed by atoms with Crippen LogP contribution >= 0.6 is 35.0 Å². The fraction of sp³-hybridized carbons (Fsp3) is 0.393. The van der Waals surface area contributed by atoms with E-state index in [4.69, 9.17) is 28.3 Å². The SMILES string of the molecule is C/C=C(Cl)\C=C/CC(Sc1nnc(CCC)n1-c1ccc(N(C)CC(=O)O)cc1)C(C)/C=C\C(Cl)=C/C. The highest BCUT2D eigenvalue weighted by Gasteiger charge is 2.22. The lowest BCUT2D eigenvalue weighted by Gasteiger charge is -2.21. The molecule has 1 heterocycles. The Morgan fingerprint density at radius 3 is 2.38 bits per heavy atom. The molecule has 0 fully saturated rings. The molecule has 0 spiro atoms. The minimum atomic E-state index is -0.871. The summed E-state index contributed by atoms with van der Waals surface area (Å²) in [5.41, 5.74) is 1.77. The molecule has 2 aromatic rings. The number of aromatic nitrogens is 3. The normalized spacial score (nSPS) is 14.5. The van der Waals surface area contributed by atoms with Gasteiger partial charge >= 0.3 is 5.97 Å². The molecule has 0 saturated carbocycles. The van der Waals surface area contributed by atoms with Gasteiger partial charge in [-0.15, -0.1) is 10.2 Å². The van der Waals surface area contributed by atoms with Crippen molar-refractivity contribution in [2.45, 2.75) is 57.4 Å². The topological polar surface area (TPSA) is 71.2 Å². The maximum absolute atomic E-state index is 11.1. The molecule has 6 nitrogen and oxygen atoms in total. The number of rotatable bonds is 14. The monoisotopic (exact) mass is 562 g/mol. The lowest BCUT2D eigenvalue weighted by molar-refractivity contribution is -0.135. The van der Waals surface area contributed by atoms with Crippen LogP contribution in [0.15, 0.2) is 75.9 Å². The fourth-order valence-electron chi connectivity index (χ4n) is 3.55. The zero-order valence-corrected chi connectivity index (χ0v) is 24.4. The molecule has 1 N–H and O–H groups in total. The van der Waals surface area contributed by atoms with Crippen LogP contribution in [0.25, 0.3) is 5.69 Å². The number of carboxylic acids is 1. The van der Waals surface area contributed by atoms with Crippen molar-refractivity contribution in [2.24, 2.45) is 5.92 Å². The summed E-state index contributed by atoms with van der Waals surface area (Å²) in [6.45, 7) is 8.04. The highest BCUT2D eigenvalue weighted by Crippen LogP contribution is 2.33. The largest absolute Gasteiger partial charge is 0.480 e. The third-order valence-electron chi connectivity index (χ3n) is 5.69. The van der Waals surface area contributed by atoms with Crippen LogP contribution in [-0.2, 0) is 11.2 Å². The Labute approximate surface area is 234 Å². The van der Waals surface area contributed by atoms with Crippen LogP contribution < -0.4 is 4.90 Å². The fourth-order valence-corrected chi connectivity index (χ4v) is 4.90. The Balaban J connectivity index is 2.41. The minimum Gasteiger partial charge on any atom is -0.480 e. The number of benzene rings is 1. The first-order valence-corrected chi connectivity index (χ1v) is 14.0. The first-order chi connectivity index (χ1) is 17.7. The smallest absolute Gasteiger partial charge is 0.323 e. The van der Waals surface area contributed by atoms with E-state index in [1.807, 2.05) is 62.4 Å². The van der Waals surface area contributed by atoms with Gasteiger partial charge in [0.1, 0.15) is 12.4 Å². The summed E-state index contributed by atoms with van der Waals surface area (Å²) in [6, 6.07) is 7.81. The van der Waals surface area contributed by atoms with Crippen LogP contribution in [0.5, 0.6) is 0 Å². The van der Waals surface area contributed by atoms with Crippen molar-refractivity contribution in [1.82, 2.24) is 14.8 Å². The highest BCUT2D eigenvalue weighted by atomic mass is 35.5. The molecule has 0 bridgehead atoms. The molecule has 9 heteroatoms. The summed E-state index contributed by atoms with van der Waals surface area (Å²) in [7, 11) is 1.76. The number of allylic oxidation sites excluding steroid dienone is 8. The van der Waals surface area contributed by atoms with Crippen LogP contribution in [-0.4, -0.2) is 44.7 Å². The zero-order chi connectivity index (χ0) is 27.4. The number of nitrogens with zero attached hydrogens (tertiary/aromatic N) is 4. The quantitative estimate of drug-likeness (QED) is 0.188. The molecule has 2 rings (SSSR count). The van der Waals surface area contributed by atoms with Gasteiger partial charge in [-0.2, -0.15) is 0 Å². The number of aryl methyl sites for hydroxylation is 1. The summed E-state index contributed by atoms with van der Waals surface area (Å²) in [6.07, 6.45) is 14.3. The molecule has 1 aromatic heterocycles. The zero-order valence-electron chi connectivity index (χ0n) is 22.1. The van der Waals surface area contributed by atoms with Crippen molar-refractivity contribution < 1.29 is 9.90 Å². The Bertz CT molecular complexity index is 1140. The van der Waals surface area contributed by atoms with Gasteiger partial charge in [0.2, 0.25) is 0 Å². The van der Waals surface area contributed by atoms with Crippen LogP contribution in [0.1, 0.15) is 46.4 Å². The molecule has 2 unspecified atom stereocenters. The lowest BCUT2D eigenvalue weighted by Crippen LogP contribution is -2.24. The van der Waals surface area contributed by atoms with Crippen molar-refractivity contribution >= 4 is 46.6 Å². The van der Waals surface area contributed by atoms with Gasteiger partial charge in [0, 0.05) is 40.2 Å². The maximum Gasteiger partial charge on any atom is 0.323 e. The molecular formula is C28H36Cl2N4O2S. The predicted molar refractivity (Wildman–Crippen MR) is 157 cm³/mol. The predicted octanol–water partition coefficient (Wildman–Crippen LogP) is 7.63. The molecule has 200 valence electrons. The average Bonchev–Trinajstić information content (AvgIpc) is 3.27. The summed E-state index contributed by atoms with van der Waals surface area (Å²) >= 11 is 14.1. The number of carbonyl (C=O) groups is 1. The van der Waals surface area contributed by atoms with Crippen molar-refractivity contribution in [3.05, 3.63) is 76.6 Å². The molecule has 37 heavy (non-hydrogen) atoms. The molecule has 0 saturated heterocycles. The minimum absolute atomic E-state index is 0.0662. The third-order valence-corrected chi connectivity index (χ3v) is 7.78. The van der Waals surface area contributed by atoms with E-state index in [0.717, 1.165) is 41.6 Å². The number of likely N-dealkylation sites (N-methyl/N-ethyl adjacent to an activating group) is 1. The molecule has 0 aliphatic rings. The second kappa shape index (κ2) is 15.7. The summed E-state index contributed by atoms with van der Waals surface area (Å²) < 4.78 is 2.10. The van der Waals surface area contributed by atoms with Gasteiger partial charge in [0.05, 0.1) is 0 Å². The molecule has 0 aliphatic heterocycles. The van der Waals surface area contributed by atoms with Crippen LogP contribution in [0, 0.1) is 5.92 Å². The van der Waals surface area contributed by atoms with Gasteiger partial charge in [-0.3, -0.25) is 9.36 Å². The van der Waals surface area contributed by atoms with Gasteiger partial charge in [-0.25, -0.2) is 0 Å². The van der Waals surface area contributed by atoms with Crippen molar-refractivity contribution in [3.8, 4) is 5.69 Å². The summed E-state index contributed by atoms with van der Waals surface area (Å²) in [4.78, 5) is 12.8. The van der Waals surface area contributed by atoms with Crippen molar-refractivity contribution in [3.63, 3.8) is 0 Å². The highest BCUT2D eigenvalue weighted by molar-refractivity contribution is 7.99. The van der Waals surface area contributed by atoms with Crippen LogP contribution in [0.4, 0.5) is 5.69 Å². The Morgan fingerprint density at radius 1 is 1.14 bits per heavy atom. The second-order valence-electron chi connectivity index (χ2n) is 8.61. The number of halogens is 2. The van der Waals surface area contributed by atoms with Gasteiger partial charge in [-0.05, 0) is 69.0 Å². The summed E-state index contributed by atoms with van der Waals surface area (Å²) in [5.74, 6) is 0.214. The number of carboxylic acid groups (broad SMARTS) is 1. The maximum atomic E-state index is 11.1. The van der Waals surface area contributed by atoms with E-state index in [9.17, 15) is 4.79 Å². The Hall–Kier alpha value is -2.48. The van der Waals surface area contributed by atoms with E-state index in [2.05, 4.69) is 40.8 Å². The van der Waals surface area contributed by atoms with Crippen molar-refractivity contribution in [2.75, 3.05) is 18.5 Å². The summed E-state index contributed by atoms with van der Waals surface area (Å²) in [5, 5.41) is 20.5. The Morgan fingerprint density at radius 2 is 1.78 bits per heavy atom. The third kappa shape index (κ3) is 9.72. The molecule has 0 amide bonds. The standard InChI is InChI=1S/C28H36Cl2N4O2S/c1-6-10-26-31-32-28(34(26)24-17-15-23(16-18-24)33(5)19-27(35)36)37-25(12-9-11-21(29)7-2)20(4)13-14-22(30)8-3/h7-9,11,13-18,20,25H,6,10,12,19H2,1-5H3,(H,35,36)/b11-9-,14-13-,21-7+,22-8+. The number of aliphatic carboxylic acids is 1. The molecular weight excluding hydrogens is 527 g/mol. The number of hydrogen-bond donors (Lipinski definition) is 1. The van der Waals surface area contributed by atoms with E-state index in [1.54, 1.807) is 23.7 Å². The van der Waals surface area contributed by atoms with E-state index < -0.39 is 5.97 Å². The van der Waals surface area contributed by atoms with E-state index in [0.29, 0.717) is 10.1 Å². The van der Waals surface area contributed by atoms with Crippen LogP contribution in [0.2, 0.25) is 0 Å². The van der Waals surface area contributed by atoms with E-state index >= 15 is 0 Å². The van der Waals surface area contributed by atoms with E-state index in [1.165, 1.54) is 0 Å². The molecule has 1 aromatic carbocycles. The number of thioether (sulfide) groups is 1. The Kier molecular flexibility index (Phi) is 13.0. The molecule has 2 atom stereocenters. The average molecular weight is 564 g/mol. The van der Waals surface area contributed by atoms with Gasteiger partial charge < -0.3 is 10.0 Å². The van der Waals surface area contributed by atoms with Crippen LogP contribution in [0.3, 0.4) is 0 Å². The second-order valence-corrected chi connectivity index (χ2v) is 10.7. The first-order valence-electron chi connectivity index (χ1n) is 12.3. The number of anilines is 1. The van der Waals surface area contributed by atoms with Gasteiger partial charge in [0.15, 0.2) is 5.16 Å². The van der Waals surface area contributed by atoms with Gasteiger partial charge in [0.25, 0.3) is 0 Å². The van der Waals surface area contributed by atoms with Gasteiger partial charge in [-0.1, -0.05) is 73.1 Å². The van der Waals surface area contributed by atoms with E-state index in [-0.39, 0.29) is 17.7 Å². The first kappa shape index (κ1) is 30.7. The van der Waals surface area contributed by atoms with Crippen molar-refractivity contribution in [1.29, 1.82) is 0 Å². The number of hydrogen-bond acceptors (Lipinski definition) is 5. The lowest BCUT2D eigenvalue weighted by atomic mass is 10.0. The molecule has 0 aliphatic carbocycles.